The molecule has 0 aliphatic heterocycles. The first kappa shape index (κ1) is 16.6. The van der Waals surface area contributed by atoms with Crippen LogP contribution in [-0.4, -0.2) is 30.8 Å². The number of nitrogens with one attached hydrogen (secondary N) is 1. The van der Waals surface area contributed by atoms with Crippen LogP contribution in [0.15, 0.2) is 41.3 Å². The minimum absolute atomic E-state index is 0.255. The van der Waals surface area contributed by atoms with Gasteiger partial charge in [0.15, 0.2) is 6.61 Å². The first-order valence-corrected chi connectivity index (χ1v) is 7.42. The molecule has 0 saturated heterocycles. The second kappa shape index (κ2) is 9.44. The highest BCUT2D eigenvalue weighted by Crippen LogP contribution is 2.19. The van der Waals surface area contributed by atoms with E-state index in [2.05, 4.69) is 5.32 Å². The predicted molar refractivity (Wildman–Crippen MR) is 81.0 cm³/mol. The molecule has 1 amide bonds. The van der Waals surface area contributed by atoms with Gasteiger partial charge >= 0.3 is 5.97 Å². The number of allylic oxidation sites excluding steroid dienone is 1. The van der Waals surface area contributed by atoms with E-state index in [1.54, 1.807) is 24.8 Å². The number of carbonyl (C=O) groups is 2. The lowest BCUT2D eigenvalue weighted by molar-refractivity contribution is -0.143. The molecule has 0 unspecified atom stereocenters. The van der Waals surface area contributed by atoms with Crippen molar-refractivity contribution < 1.29 is 14.3 Å². The van der Waals surface area contributed by atoms with Crippen LogP contribution in [0.5, 0.6) is 0 Å². The highest BCUT2D eigenvalue weighted by molar-refractivity contribution is 7.99. The number of esters is 1. The van der Waals surface area contributed by atoms with Gasteiger partial charge in [-0.25, -0.2) is 4.79 Å². The summed E-state index contributed by atoms with van der Waals surface area (Å²) in [5.41, 5.74) is 0. The van der Waals surface area contributed by atoms with E-state index >= 15 is 0 Å². The fourth-order valence-electron chi connectivity index (χ4n) is 1.26. The van der Waals surface area contributed by atoms with E-state index in [0.717, 1.165) is 10.6 Å². The van der Waals surface area contributed by atoms with Crippen LogP contribution >= 0.6 is 23.4 Å². The van der Waals surface area contributed by atoms with Gasteiger partial charge in [-0.1, -0.05) is 17.7 Å². The number of benzene rings is 1. The molecule has 0 aliphatic carbocycles. The van der Waals surface area contributed by atoms with Gasteiger partial charge in [0.25, 0.3) is 5.91 Å². The Morgan fingerprint density at radius 1 is 1.35 bits per heavy atom. The SMILES string of the molecule is CC=CC(=O)OCC(=O)NCCSc1ccc(Cl)cc1. The van der Waals surface area contributed by atoms with Gasteiger partial charge < -0.3 is 10.1 Å². The molecule has 0 radical (unpaired) electrons. The quantitative estimate of drug-likeness (QED) is 0.364. The lowest BCUT2D eigenvalue weighted by atomic mass is 10.4. The van der Waals surface area contributed by atoms with Crippen molar-refractivity contribution in [2.24, 2.45) is 0 Å². The van der Waals surface area contributed by atoms with Crippen molar-refractivity contribution in [3.63, 3.8) is 0 Å². The summed E-state index contributed by atoms with van der Waals surface area (Å²) in [6.07, 6.45) is 2.83. The molecule has 108 valence electrons. The normalized spacial score (nSPS) is 10.5. The van der Waals surface area contributed by atoms with Gasteiger partial charge in [0, 0.05) is 28.3 Å². The molecule has 1 aromatic rings. The van der Waals surface area contributed by atoms with Gasteiger partial charge in [0.05, 0.1) is 0 Å². The molecule has 0 aliphatic rings. The first-order chi connectivity index (χ1) is 9.61. The summed E-state index contributed by atoms with van der Waals surface area (Å²) in [6, 6.07) is 7.49. The summed E-state index contributed by atoms with van der Waals surface area (Å²) in [5.74, 6) is -0.0892. The molecule has 0 fully saturated rings. The van der Waals surface area contributed by atoms with E-state index in [-0.39, 0.29) is 12.5 Å². The maximum atomic E-state index is 11.4. The molecule has 0 bridgehead atoms. The largest absolute Gasteiger partial charge is 0.452 e. The van der Waals surface area contributed by atoms with Crippen LogP contribution < -0.4 is 5.32 Å². The van der Waals surface area contributed by atoms with Crippen molar-refractivity contribution in [2.45, 2.75) is 11.8 Å². The van der Waals surface area contributed by atoms with E-state index in [1.807, 2.05) is 24.3 Å². The van der Waals surface area contributed by atoms with Crippen LogP contribution in [0.25, 0.3) is 0 Å². The third-order valence-corrected chi connectivity index (χ3v) is 3.42. The maximum Gasteiger partial charge on any atom is 0.330 e. The zero-order valence-electron chi connectivity index (χ0n) is 11.1. The van der Waals surface area contributed by atoms with Gasteiger partial charge in [-0.05, 0) is 31.2 Å². The van der Waals surface area contributed by atoms with Crippen molar-refractivity contribution in [1.29, 1.82) is 0 Å². The molecule has 20 heavy (non-hydrogen) atoms. The van der Waals surface area contributed by atoms with Crippen LogP contribution in [0.1, 0.15) is 6.92 Å². The lowest BCUT2D eigenvalue weighted by Crippen LogP contribution is -2.30. The minimum Gasteiger partial charge on any atom is -0.452 e. The Morgan fingerprint density at radius 2 is 2.05 bits per heavy atom. The molecule has 0 heterocycles. The fourth-order valence-corrected chi connectivity index (χ4v) is 2.16. The Labute approximate surface area is 127 Å². The van der Waals surface area contributed by atoms with Crippen LogP contribution in [0.4, 0.5) is 0 Å². The first-order valence-electron chi connectivity index (χ1n) is 6.06. The van der Waals surface area contributed by atoms with Gasteiger partial charge in [-0.2, -0.15) is 0 Å². The minimum atomic E-state index is -0.516. The standard InChI is InChI=1S/C14H16ClNO3S/c1-2-3-14(18)19-10-13(17)16-8-9-20-12-6-4-11(15)5-7-12/h2-7H,8-10H2,1H3,(H,16,17). The van der Waals surface area contributed by atoms with Gasteiger partial charge in [-0.15, -0.1) is 11.8 Å². The molecule has 1 rings (SSSR count). The molecule has 6 heteroatoms. The van der Waals surface area contributed by atoms with Crippen molar-refractivity contribution >= 4 is 35.2 Å². The molecule has 4 nitrogen and oxygen atoms in total. The number of carbonyl (C=O) groups excluding carboxylic acids is 2. The van der Waals surface area contributed by atoms with E-state index in [9.17, 15) is 9.59 Å². The zero-order chi connectivity index (χ0) is 14.8. The van der Waals surface area contributed by atoms with Crippen LogP contribution in [-0.2, 0) is 14.3 Å². The Morgan fingerprint density at radius 3 is 2.70 bits per heavy atom. The van der Waals surface area contributed by atoms with Crippen molar-refractivity contribution in [2.75, 3.05) is 18.9 Å². The van der Waals surface area contributed by atoms with Crippen LogP contribution in [0.3, 0.4) is 0 Å². The van der Waals surface area contributed by atoms with Crippen molar-refractivity contribution in [3.05, 3.63) is 41.4 Å². The molecular formula is C14H16ClNO3S. The monoisotopic (exact) mass is 313 g/mol. The van der Waals surface area contributed by atoms with Crippen LogP contribution in [0.2, 0.25) is 5.02 Å². The second-order valence-electron chi connectivity index (χ2n) is 3.76. The molecule has 0 aromatic heterocycles. The third kappa shape index (κ3) is 7.21. The number of halogens is 1. The summed E-state index contributed by atoms with van der Waals surface area (Å²) < 4.78 is 4.71. The molecule has 0 atom stereocenters. The van der Waals surface area contributed by atoms with Gasteiger partial charge in [0.2, 0.25) is 0 Å². The lowest BCUT2D eigenvalue weighted by Gasteiger charge is -2.05. The van der Waals surface area contributed by atoms with E-state index in [1.165, 1.54) is 6.08 Å². The summed E-state index contributed by atoms with van der Waals surface area (Å²) in [4.78, 5) is 23.4. The number of ether oxygens (including phenoxy) is 1. The average Bonchev–Trinajstić information content (AvgIpc) is 2.43. The second-order valence-corrected chi connectivity index (χ2v) is 5.36. The number of amides is 1. The Bertz CT molecular complexity index is 474. The molecule has 0 saturated carbocycles. The highest BCUT2D eigenvalue weighted by atomic mass is 35.5. The zero-order valence-corrected chi connectivity index (χ0v) is 12.7. The van der Waals surface area contributed by atoms with Crippen LogP contribution in [0, 0.1) is 0 Å². The van der Waals surface area contributed by atoms with E-state index < -0.39 is 5.97 Å². The summed E-state index contributed by atoms with van der Waals surface area (Å²) in [6.45, 7) is 1.96. The summed E-state index contributed by atoms with van der Waals surface area (Å²) in [7, 11) is 0. The number of hydrogen-bond acceptors (Lipinski definition) is 4. The summed E-state index contributed by atoms with van der Waals surface area (Å²) >= 11 is 7.40. The smallest absolute Gasteiger partial charge is 0.330 e. The summed E-state index contributed by atoms with van der Waals surface area (Å²) in [5, 5.41) is 3.37. The third-order valence-electron chi connectivity index (χ3n) is 2.15. The Kier molecular flexibility index (Phi) is 7.84. The number of rotatable bonds is 7. The van der Waals surface area contributed by atoms with Crippen molar-refractivity contribution in [3.8, 4) is 0 Å². The van der Waals surface area contributed by atoms with E-state index in [4.69, 9.17) is 16.3 Å². The number of hydrogen-bond donors (Lipinski definition) is 1. The molecule has 0 spiro atoms. The van der Waals surface area contributed by atoms with Crippen molar-refractivity contribution in [1.82, 2.24) is 5.32 Å². The molecule has 1 N–H and O–H groups in total. The van der Waals surface area contributed by atoms with Gasteiger partial charge in [0.1, 0.15) is 0 Å². The number of thioether (sulfide) groups is 1. The fraction of sp³-hybridized carbons (Fsp3) is 0.286. The van der Waals surface area contributed by atoms with Gasteiger partial charge in [-0.3, -0.25) is 4.79 Å². The average molecular weight is 314 g/mol. The topological polar surface area (TPSA) is 55.4 Å². The molecular weight excluding hydrogens is 298 g/mol. The van der Waals surface area contributed by atoms with E-state index in [0.29, 0.717) is 11.6 Å². The predicted octanol–water partition coefficient (Wildman–Crippen LogP) is 2.67. The maximum absolute atomic E-state index is 11.4. The Hall–Kier alpha value is -1.46. The molecule has 1 aromatic carbocycles. The Balaban J connectivity index is 2.13. The highest BCUT2D eigenvalue weighted by Gasteiger charge is 2.04.